The van der Waals surface area contributed by atoms with Crippen LogP contribution in [0.25, 0.3) is 0 Å². The lowest BCUT2D eigenvalue weighted by Gasteiger charge is -2.40. The molecule has 0 spiro atoms. The van der Waals surface area contributed by atoms with Crippen LogP contribution in [0.3, 0.4) is 0 Å². The molecular formula is C77H133NO5. The van der Waals surface area contributed by atoms with E-state index in [2.05, 4.69) is 125 Å². The molecule has 0 saturated heterocycles. The van der Waals surface area contributed by atoms with Crippen molar-refractivity contribution in [2.45, 2.75) is 336 Å². The molecule has 0 aromatic heterocycles. The zero-order valence-electron chi connectivity index (χ0n) is 55.5. The van der Waals surface area contributed by atoms with Crippen molar-refractivity contribution in [3.8, 4) is 0 Å². The van der Waals surface area contributed by atoms with E-state index in [1.54, 1.807) is 21.0 Å². The Morgan fingerprint density at radius 2 is 0.578 bits per heavy atom. The number of carbonyl (C=O) groups is 4. The fraction of sp³-hybridized carbons (Fsp3) is 0.740. The molecule has 0 saturated carbocycles. The highest BCUT2D eigenvalue weighted by molar-refractivity contribution is 6.10. The van der Waals surface area contributed by atoms with Crippen LogP contribution in [0.2, 0.25) is 0 Å². The van der Waals surface area contributed by atoms with Crippen LogP contribution in [0.1, 0.15) is 330 Å². The van der Waals surface area contributed by atoms with E-state index in [-0.39, 0.29) is 23.8 Å². The molecule has 0 radical (unpaired) electrons. The number of allylic oxidation sites excluding steroid dienone is 16. The lowest BCUT2D eigenvalue weighted by atomic mass is 9.75. The van der Waals surface area contributed by atoms with E-state index >= 15 is 4.79 Å². The number of carbonyl (C=O) groups excluding carboxylic acids is 4. The number of rotatable bonds is 62. The maximum Gasteiger partial charge on any atom is 0.190 e. The molecule has 0 fully saturated rings. The Bertz CT molecular complexity index is 1780. The first-order valence-electron chi connectivity index (χ1n) is 35.3. The summed E-state index contributed by atoms with van der Waals surface area (Å²) >= 11 is 0. The van der Waals surface area contributed by atoms with Crippen LogP contribution < -0.4 is 0 Å². The Morgan fingerprint density at radius 1 is 0.337 bits per heavy atom. The standard InChI is InChI=1S/C77H133NO5/c1-8-12-16-20-24-28-32-36-40-44-48-52-56-60-64-68-73(79)71(66-62-58-54-50-46-42-38-34-30-26-22-18-14-10-3)75(81)70(5)77(83,78(6)7)76(82)72(67-63-59-55-51-47-43-39-35-31-27-23-19-15-11-4)74(80)69-65-61-57-53-49-45-41-37-33-29-25-21-17-13-9-2/h24-31,36-43,70-72,83H,8-23,32-35,44-69H2,1-7H3/b28-24-,29-25-,30-26-,31-27-,40-36-,41-37-,42-38-,43-39-. The summed E-state index contributed by atoms with van der Waals surface area (Å²) in [7, 11) is 3.27. The van der Waals surface area contributed by atoms with Crippen molar-refractivity contribution in [2.24, 2.45) is 17.8 Å². The Balaban J connectivity index is 6.00. The topological polar surface area (TPSA) is 91.7 Å². The fourth-order valence-electron chi connectivity index (χ4n) is 11.0. The summed E-state index contributed by atoms with van der Waals surface area (Å²) in [5.74, 6) is -4.24. The molecular weight excluding hydrogens is 1020 g/mol. The molecule has 0 rings (SSSR count). The average molecular weight is 1150 g/mol. The molecule has 0 aromatic carbocycles. The molecule has 1 N–H and O–H groups in total. The second-order valence-corrected chi connectivity index (χ2v) is 24.4. The van der Waals surface area contributed by atoms with Crippen LogP contribution in [0, 0.1) is 17.8 Å². The van der Waals surface area contributed by atoms with Crippen LogP contribution in [0.15, 0.2) is 97.2 Å². The molecule has 0 aromatic rings. The minimum Gasteiger partial charge on any atom is -0.368 e. The lowest BCUT2D eigenvalue weighted by molar-refractivity contribution is -0.178. The number of likely N-dealkylation sites (N-methyl/N-ethyl adjacent to an activating group) is 1. The van der Waals surface area contributed by atoms with Gasteiger partial charge < -0.3 is 5.11 Å². The van der Waals surface area contributed by atoms with Crippen LogP contribution in [-0.4, -0.2) is 53.0 Å². The molecule has 0 aliphatic carbocycles. The smallest absolute Gasteiger partial charge is 0.190 e. The fourth-order valence-corrected chi connectivity index (χ4v) is 11.0. The molecule has 83 heavy (non-hydrogen) atoms. The molecule has 6 nitrogen and oxygen atoms in total. The number of Topliss-reactive ketones (excluding diaryl/α,β-unsaturated/α-hetero) is 4. The second-order valence-electron chi connectivity index (χ2n) is 24.4. The van der Waals surface area contributed by atoms with E-state index in [4.69, 9.17) is 0 Å². The van der Waals surface area contributed by atoms with E-state index < -0.39 is 29.3 Å². The van der Waals surface area contributed by atoms with Crippen molar-refractivity contribution in [3.05, 3.63) is 97.2 Å². The monoisotopic (exact) mass is 1150 g/mol. The van der Waals surface area contributed by atoms with Crippen molar-refractivity contribution in [1.29, 1.82) is 0 Å². The highest BCUT2D eigenvalue weighted by Gasteiger charge is 2.52. The summed E-state index contributed by atoms with van der Waals surface area (Å²) in [5, 5.41) is 12.7. The minimum absolute atomic E-state index is 0.0746. The van der Waals surface area contributed by atoms with Crippen LogP contribution in [-0.2, 0) is 19.2 Å². The summed E-state index contributed by atoms with van der Waals surface area (Å²) in [4.78, 5) is 60.0. The molecule has 6 heteroatoms. The highest BCUT2D eigenvalue weighted by atomic mass is 16.3. The van der Waals surface area contributed by atoms with Gasteiger partial charge in [-0.05, 0) is 168 Å². The molecule has 0 aliphatic rings. The Hall–Kier alpha value is -3.48. The zero-order chi connectivity index (χ0) is 61.0. The maximum absolute atomic E-state index is 15.0. The Morgan fingerprint density at radius 3 is 0.867 bits per heavy atom. The van der Waals surface area contributed by atoms with Crippen molar-refractivity contribution < 1.29 is 24.3 Å². The molecule has 0 heterocycles. The summed E-state index contributed by atoms with van der Waals surface area (Å²) in [5.41, 5.74) is -2.22. The SMILES string of the molecule is CCCCC/C=C\C/C=C\CCCCCCCC(=O)C(CCCCCC/C=C\C/C=C\CCCCC)C(=O)C(C)C(O)(C(=O)C(CCCCCC/C=C\C/C=C\CCCCC)C(=O)CCCCCCC/C=C\C/C=C\CCCCC)N(C)C. The summed E-state index contributed by atoms with van der Waals surface area (Å²) in [6, 6.07) is 0. The number of hydrogen-bond donors (Lipinski definition) is 1. The Kier molecular flexibility index (Phi) is 57.7. The van der Waals surface area contributed by atoms with Gasteiger partial charge in [-0.15, -0.1) is 0 Å². The van der Waals surface area contributed by atoms with E-state index in [9.17, 15) is 19.5 Å². The molecule has 4 atom stereocenters. The summed E-state index contributed by atoms with van der Waals surface area (Å²) < 4.78 is 0. The van der Waals surface area contributed by atoms with Crippen molar-refractivity contribution in [3.63, 3.8) is 0 Å². The van der Waals surface area contributed by atoms with Crippen LogP contribution in [0.4, 0.5) is 0 Å². The first-order chi connectivity index (χ1) is 40.5. The van der Waals surface area contributed by atoms with Gasteiger partial charge in [0.15, 0.2) is 17.3 Å². The normalized spacial score (nSPS) is 14.4. The predicted octanol–water partition coefficient (Wildman–Crippen LogP) is 22.9. The van der Waals surface area contributed by atoms with Gasteiger partial charge in [0.05, 0.1) is 17.8 Å². The molecule has 0 amide bonds. The van der Waals surface area contributed by atoms with Gasteiger partial charge in [0.2, 0.25) is 0 Å². The minimum atomic E-state index is -2.22. The molecule has 0 aliphatic heterocycles. The maximum atomic E-state index is 15.0. The van der Waals surface area contributed by atoms with Gasteiger partial charge >= 0.3 is 0 Å². The highest BCUT2D eigenvalue weighted by Crippen LogP contribution is 2.33. The molecule has 4 unspecified atom stereocenters. The van der Waals surface area contributed by atoms with Gasteiger partial charge in [0.25, 0.3) is 0 Å². The van der Waals surface area contributed by atoms with E-state index in [0.29, 0.717) is 32.1 Å². The number of hydrogen-bond acceptors (Lipinski definition) is 6. The predicted molar refractivity (Wildman–Crippen MR) is 363 cm³/mol. The first-order valence-corrected chi connectivity index (χ1v) is 35.3. The van der Waals surface area contributed by atoms with E-state index in [0.717, 1.165) is 167 Å². The van der Waals surface area contributed by atoms with E-state index in [1.807, 2.05) is 0 Å². The zero-order valence-corrected chi connectivity index (χ0v) is 55.5. The third-order valence-electron chi connectivity index (χ3n) is 16.6. The van der Waals surface area contributed by atoms with Gasteiger partial charge in [-0.2, -0.15) is 0 Å². The summed E-state index contributed by atoms with van der Waals surface area (Å²) in [6.07, 6.45) is 82.8. The Labute approximate surface area is 514 Å². The number of nitrogens with zero attached hydrogens (tertiary/aromatic N) is 1. The van der Waals surface area contributed by atoms with Gasteiger partial charge in [-0.25, -0.2) is 0 Å². The molecule has 0 bridgehead atoms. The lowest BCUT2D eigenvalue weighted by Crippen LogP contribution is -2.61. The number of ketones is 4. The third-order valence-corrected chi connectivity index (χ3v) is 16.6. The number of unbranched alkanes of at least 4 members (excludes halogenated alkanes) is 30. The van der Waals surface area contributed by atoms with Gasteiger partial charge in [0, 0.05) is 12.8 Å². The first kappa shape index (κ1) is 79.5. The van der Waals surface area contributed by atoms with Crippen LogP contribution in [0.5, 0.6) is 0 Å². The van der Waals surface area contributed by atoms with Gasteiger partial charge in [-0.1, -0.05) is 260 Å². The average Bonchev–Trinajstić information content (AvgIpc) is 2.85. The van der Waals surface area contributed by atoms with Crippen molar-refractivity contribution >= 4 is 23.1 Å². The van der Waals surface area contributed by atoms with Crippen molar-refractivity contribution in [2.75, 3.05) is 14.1 Å². The summed E-state index contributed by atoms with van der Waals surface area (Å²) in [6.45, 7) is 10.6. The second kappa shape index (κ2) is 60.2. The van der Waals surface area contributed by atoms with Gasteiger partial charge in [0.1, 0.15) is 11.6 Å². The largest absolute Gasteiger partial charge is 0.368 e. The van der Waals surface area contributed by atoms with Gasteiger partial charge in [-0.3, -0.25) is 24.1 Å². The van der Waals surface area contributed by atoms with E-state index in [1.165, 1.54) is 94.8 Å². The third kappa shape index (κ3) is 45.5. The van der Waals surface area contributed by atoms with Crippen LogP contribution >= 0.6 is 0 Å². The molecule has 476 valence electrons. The number of aliphatic hydroxyl groups is 1. The quantitative estimate of drug-likeness (QED) is 0.0282. The van der Waals surface area contributed by atoms with Crippen molar-refractivity contribution in [1.82, 2.24) is 4.90 Å².